The number of hydrogen-bond donors (Lipinski definition) is 1. The number of benzene rings is 1. The van der Waals surface area contributed by atoms with Crippen LogP contribution in [0.4, 0.5) is 5.82 Å². The van der Waals surface area contributed by atoms with E-state index in [9.17, 15) is 10.5 Å². The molecule has 1 aliphatic carbocycles. The number of fused-ring (bicyclic) bond motifs is 1. The molecule has 2 heterocycles. The second-order valence-corrected chi connectivity index (χ2v) is 7.72. The van der Waals surface area contributed by atoms with Crippen LogP contribution >= 0.6 is 11.8 Å². The number of rotatable bonds is 3. The molecule has 0 fully saturated rings. The van der Waals surface area contributed by atoms with E-state index in [-0.39, 0.29) is 5.82 Å². The van der Waals surface area contributed by atoms with E-state index in [1.54, 1.807) is 11.8 Å². The number of aromatic nitrogens is 1. The number of furan rings is 1. The van der Waals surface area contributed by atoms with Crippen LogP contribution in [0.5, 0.6) is 0 Å². The molecule has 0 saturated heterocycles. The maximum Gasteiger partial charge on any atom is 0.289 e. The summed E-state index contributed by atoms with van der Waals surface area (Å²) in [5, 5.41) is 19.9. The van der Waals surface area contributed by atoms with Crippen LogP contribution in [0.1, 0.15) is 35.1 Å². The standard InChI is InChI=1S/C23H16N4OS/c1-13-17(10-15-8-9-20(28-15)29-16-6-4-3-5-7-16)21-14(2)19(12-25)23(26)27-22(21)18(13)11-24/h3-10H,1-2H3,(H2,26,27)/p+1. The van der Waals surface area contributed by atoms with Crippen molar-refractivity contribution in [3.8, 4) is 12.1 Å². The van der Waals surface area contributed by atoms with Gasteiger partial charge in [-0.25, -0.2) is 4.98 Å². The lowest BCUT2D eigenvalue weighted by Crippen LogP contribution is -2.20. The Labute approximate surface area is 172 Å². The van der Waals surface area contributed by atoms with Crippen LogP contribution in [-0.4, -0.2) is 0 Å². The largest absolute Gasteiger partial charge is 0.450 e. The molecule has 5 nitrogen and oxygen atoms in total. The number of allylic oxidation sites excluding steroid dienone is 3. The maximum absolute atomic E-state index is 9.66. The summed E-state index contributed by atoms with van der Waals surface area (Å²) in [5.41, 5.74) is 10.8. The fourth-order valence-electron chi connectivity index (χ4n) is 3.49. The molecule has 4 rings (SSSR count). The lowest BCUT2D eigenvalue weighted by atomic mass is 9.96. The van der Waals surface area contributed by atoms with Crippen molar-refractivity contribution >= 4 is 34.8 Å². The molecule has 3 N–H and O–H groups in total. The Morgan fingerprint density at radius 3 is 2.52 bits per heavy atom. The molecule has 0 spiro atoms. The predicted molar refractivity (Wildman–Crippen MR) is 112 cm³/mol. The van der Waals surface area contributed by atoms with Gasteiger partial charge in [-0.2, -0.15) is 10.5 Å². The van der Waals surface area contributed by atoms with E-state index in [1.807, 2.05) is 62.4 Å². The van der Waals surface area contributed by atoms with Gasteiger partial charge in [0.2, 0.25) is 0 Å². The van der Waals surface area contributed by atoms with Gasteiger partial charge in [0.15, 0.2) is 10.8 Å². The van der Waals surface area contributed by atoms with E-state index in [2.05, 4.69) is 17.1 Å². The number of pyridine rings is 1. The van der Waals surface area contributed by atoms with Crippen LogP contribution in [0.15, 0.2) is 62.4 Å². The molecule has 2 aromatic heterocycles. The smallest absolute Gasteiger partial charge is 0.289 e. The first-order valence-corrected chi connectivity index (χ1v) is 9.77. The number of nitriles is 2. The van der Waals surface area contributed by atoms with Crippen LogP contribution in [-0.2, 0) is 0 Å². The zero-order chi connectivity index (χ0) is 20.5. The fraction of sp³-hybridized carbons (Fsp3) is 0.0870. The van der Waals surface area contributed by atoms with Crippen LogP contribution in [0, 0.1) is 29.6 Å². The van der Waals surface area contributed by atoms with E-state index in [1.165, 1.54) is 0 Å². The summed E-state index contributed by atoms with van der Waals surface area (Å²) in [6, 6.07) is 18.2. The molecule has 6 heteroatoms. The lowest BCUT2D eigenvalue weighted by molar-refractivity contribution is -0.364. The number of H-pyrrole nitrogens is 1. The van der Waals surface area contributed by atoms with Crippen molar-refractivity contribution in [2.45, 2.75) is 23.8 Å². The number of nitrogens with zero attached hydrogens (tertiary/aromatic N) is 2. The SMILES string of the molecule is CC1=C(C#N)c2[nH+]c(N)c(C#N)c(C)c2C1=Cc1ccc(Sc2ccccc2)o1. The van der Waals surface area contributed by atoms with Crippen molar-refractivity contribution in [3.63, 3.8) is 0 Å². The van der Waals surface area contributed by atoms with Gasteiger partial charge < -0.3 is 4.42 Å². The molecule has 0 saturated carbocycles. The molecule has 0 atom stereocenters. The van der Waals surface area contributed by atoms with Gasteiger partial charge in [-0.1, -0.05) is 30.0 Å². The van der Waals surface area contributed by atoms with Gasteiger partial charge >= 0.3 is 0 Å². The van der Waals surface area contributed by atoms with E-state index < -0.39 is 0 Å². The maximum atomic E-state index is 9.66. The topological polar surface area (TPSA) is 101 Å². The number of nitrogens with two attached hydrogens (primary N) is 1. The molecule has 3 aromatic rings. The van der Waals surface area contributed by atoms with Gasteiger partial charge in [0.05, 0.1) is 0 Å². The van der Waals surface area contributed by atoms with Crippen LogP contribution in [0.3, 0.4) is 0 Å². The van der Waals surface area contributed by atoms with E-state index in [0.29, 0.717) is 22.6 Å². The highest BCUT2D eigenvalue weighted by atomic mass is 32.2. The molecule has 0 unspecified atom stereocenters. The van der Waals surface area contributed by atoms with Gasteiger partial charge in [-0.3, -0.25) is 5.73 Å². The third-order valence-corrected chi connectivity index (χ3v) is 5.83. The summed E-state index contributed by atoms with van der Waals surface area (Å²) in [6.07, 6.45) is 1.91. The molecular weight excluding hydrogens is 380 g/mol. The Kier molecular flexibility index (Phi) is 4.72. The van der Waals surface area contributed by atoms with E-state index in [4.69, 9.17) is 10.2 Å². The molecule has 0 bridgehead atoms. The van der Waals surface area contributed by atoms with Gasteiger partial charge in [0, 0.05) is 10.5 Å². The molecule has 0 aliphatic heterocycles. The molecule has 1 aromatic carbocycles. The van der Waals surface area contributed by atoms with Gasteiger partial charge in [0.1, 0.15) is 29.0 Å². The molecule has 29 heavy (non-hydrogen) atoms. The monoisotopic (exact) mass is 397 g/mol. The highest BCUT2D eigenvalue weighted by molar-refractivity contribution is 7.99. The zero-order valence-corrected chi connectivity index (χ0v) is 16.7. The molecule has 0 radical (unpaired) electrons. The summed E-state index contributed by atoms with van der Waals surface area (Å²) in [6.45, 7) is 3.74. The number of nitrogen functional groups attached to an aromatic ring is 1. The molecule has 1 aliphatic rings. The summed E-state index contributed by atoms with van der Waals surface area (Å²) in [7, 11) is 0. The fourth-order valence-corrected chi connectivity index (χ4v) is 4.29. The van der Waals surface area contributed by atoms with Crippen LogP contribution in [0.25, 0.3) is 17.2 Å². The zero-order valence-electron chi connectivity index (χ0n) is 15.9. The Hall–Kier alpha value is -3.74. The minimum absolute atomic E-state index is 0.269. The summed E-state index contributed by atoms with van der Waals surface area (Å²) >= 11 is 1.54. The average Bonchev–Trinajstić information content (AvgIpc) is 3.25. The Morgan fingerprint density at radius 2 is 1.83 bits per heavy atom. The molecule has 0 amide bonds. The number of nitrogens with one attached hydrogen (secondary N) is 1. The number of hydrogen-bond acceptors (Lipinski definition) is 5. The number of aromatic amines is 1. The third-order valence-electron chi connectivity index (χ3n) is 4.90. The van der Waals surface area contributed by atoms with Crippen molar-refractivity contribution in [1.29, 1.82) is 10.5 Å². The predicted octanol–water partition coefficient (Wildman–Crippen LogP) is 4.86. The first kappa shape index (κ1) is 18.6. The normalized spacial score (nSPS) is 14.0. The second kappa shape index (κ2) is 7.35. The number of anilines is 1. The van der Waals surface area contributed by atoms with Crippen LogP contribution < -0.4 is 10.7 Å². The lowest BCUT2D eigenvalue weighted by Gasteiger charge is -2.07. The molecular formula is C23H17N4OS+. The van der Waals surface area contributed by atoms with Gasteiger partial charge in [-0.15, -0.1) is 0 Å². The van der Waals surface area contributed by atoms with Crippen molar-refractivity contribution in [2.24, 2.45) is 0 Å². The highest BCUT2D eigenvalue weighted by Crippen LogP contribution is 2.43. The Bertz CT molecular complexity index is 1270. The average molecular weight is 397 g/mol. The molecule has 140 valence electrons. The van der Waals surface area contributed by atoms with Crippen molar-refractivity contribution < 1.29 is 9.40 Å². The quantitative estimate of drug-likeness (QED) is 0.680. The second-order valence-electron chi connectivity index (χ2n) is 6.64. The third kappa shape index (κ3) is 3.20. The minimum atomic E-state index is 0.269. The van der Waals surface area contributed by atoms with Gasteiger partial charge in [-0.05, 0) is 60.9 Å². The van der Waals surface area contributed by atoms with E-state index in [0.717, 1.165) is 32.3 Å². The Balaban J connectivity index is 1.79. The van der Waals surface area contributed by atoms with Gasteiger partial charge in [0.25, 0.3) is 5.82 Å². The Morgan fingerprint density at radius 1 is 1.07 bits per heavy atom. The minimum Gasteiger partial charge on any atom is -0.450 e. The van der Waals surface area contributed by atoms with Crippen molar-refractivity contribution in [1.82, 2.24) is 0 Å². The van der Waals surface area contributed by atoms with Crippen molar-refractivity contribution in [2.75, 3.05) is 5.73 Å². The first-order chi connectivity index (χ1) is 14.0. The van der Waals surface area contributed by atoms with E-state index >= 15 is 0 Å². The van der Waals surface area contributed by atoms with Crippen LogP contribution in [0.2, 0.25) is 0 Å². The first-order valence-electron chi connectivity index (χ1n) is 8.95. The summed E-state index contributed by atoms with van der Waals surface area (Å²) in [5.74, 6) is 0.947. The summed E-state index contributed by atoms with van der Waals surface area (Å²) in [4.78, 5) is 4.12. The van der Waals surface area contributed by atoms with Crippen molar-refractivity contribution in [3.05, 3.63) is 76.2 Å². The highest BCUT2D eigenvalue weighted by Gasteiger charge is 2.32. The summed E-state index contributed by atoms with van der Waals surface area (Å²) < 4.78 is 5.98.